The molecule has 4 nitrogen and oxygen atoms in total. The van der Waals surface area contributed by atoms with E-state index in [1.165, 1.54) is 25.3 Å². The summed E-state index contributed by atoms with van der Waals surface area (Å²) in [5.41, 5.74) is 2.60. The van der Waals surface area contributed by atoms with Crippen LogP contribution in [-0.4, -0.2) is 30.8 Å². The number of nitrogens with zero attached hydrogens (tertiary/aromatic N) is 2. The van der Waals surface area contributed by atoms with Crippen LogP contribution >= 0.6 is 0 Å². The fourth-order valence-corrected chi connectivity index (χ4v) is 3.87. The minimum Gasteiger partial charge on any atom is -0.348 e. The lowest BCUT2D eigenvalue weighted by Crippen LogP contribution is -2.26. The van der Waals surface area contributed by atoms with Gasteiger partial charge in [-0.15, -0.1) is 0 Å². The molecular formula is C30H29F3N2O2. The summed E-state index contributed by atoms with van der Waals surface area (Å²) in [5, 5.41) is 0. The zero-order valence-corrected chi connectivity index (χ0v) is 21.0. The number of benzene rings is 3. The van der Waals surface area contributed by atoms with Crippen molar-refractivity contribution in [2.45, 2.75) is 26.9 Å². The molecule has 0 heterocycles. The highest BCUT2D eigenvalue weighted by molar-refractivity contribution is 6.23. The van der Waals surface area contributed by atoms with Crippen LogP contribution in [0.25, 0.3) is 11.1 Å². The molecule has 0 aliphatic heterocycles. The van der Waals surface area contributed by atoms with E-state index in [0.29, 0.717) is 24.4 Å². The van der Waals surface area contributed by atoms with E-state index in [4.69, 9.17) is 0 Å². The summed E-state index contributed by atoms with van der Waals surface area (Å²) in [6.45, 7) is 6.22. The van der Waals surface area contributed by atoms with E-state index in [1.54, 1.807) is 48.4 Å². The summed E-state index contributed by atoms with van der Waals surface area (Å²) in [5.74, 6) is -1.96. The molecular weight excluding hydrogens is 477 g/mol. The normalized spacial score (nSPS) is 12.3. The molecule has 0 atom stereocenters. The lowest BCUT2D eigenvalue weighted by atomic mass is 10.0. The van der Waals surface area contributed by atoms with Crippen LogP contribution < -0.4 is 9.80 Å². The summed E-state index contributed by atoms with van der Waals surface area (Å²) in [7, 11) is 0. The molecule has 0 radical (unpaired) electrons. The zero-order valence-electron chi connectivity index (χ0n) is 21.0. The second-order valence-corrected chi connectivity index (χ2v) is 8.29. The van der Waals surface area contributed by atoms with E-state index in [0.717, 1.165) is 11.3 Å². The van der Waals surface area contributed by atoms with Crippen LogP contribution in [0.3, 0.4) is 0 Å². The zero-order chi connectivity index (χ0) is 27.0. The summed E-state index contributed by atoms with van der Waals surface area (Å²) >= 11 is 0. The van der Waals surface area contributed by atoms with Crippen molar-refractivity contribution in [3.63, 3.8) is 0 Å². The predicted molar refractivity (Wildman–Crippen MR) is 143 cm³/mol. The monoisotopic (exact) mass is 506 g/mol. The van der Waals surface area contributed by atoms with E-state index in [-0.39, 0.29) is 11.3 Å². The lowest BCUT2D eigenvalue weighted by molar-refractivity contribution is -0.164. The smallest absolute Gasteiger partial charge is 0.348 e. The van der Waals surface area contributed by atoms with Gasteiger partial charge < -0.3 is 9.80 Å². The number of anilines is 2. The van der Waals surface area contributed by atoms with E-state index < -0.39 is 17.5 Å². The van der Waals surface area contributed by atoms with Crippen molar-refractivity contribution in [3.05, 3.63) is 108 Å². The first-order valence-electron chi connectivity index (χ1n) is 12.0. The van der Waals surface area contributed by atoms with Gasteiger partial charge in [-0.1, -0.05) is 60.7 Å². The van der Waals surface area contributed by atoms with Gasteiger partial charge in [0, 0.05) is 42.4 Å². The molecule has 0 aliphatic carbocycles. The van der Waals surface area contributed by atoms with Gasteiger partial charge in [0.05, 0.1) is 5.57 Å². The Kier molecular flexibility index (Phi) is 9.06. The van der Waals surface area contributed by atoms with Crippen molar-refractivity contribution in [1.29, 1.82) is 0 Å². The third-order valence-electron chi connectivity index (χ3n) is 5.82. The number of hydrogen-bond donors (Lipinski definition) is 0. The van der Waals surface area contributed by atoms with E-state index in [1.807, 2.05) is 54.3 Å². The van der Waals surface area contributed by atoms with Gasteiger partial charge in [-0.2, -0.15) is 13.2 Å². The van der Waals surface area contributed by atoms with Crippen LogP contribution in [0.5, 0.6) is 0 Å². The van der Waals surface area contributed by atoms with Crippen molar-refractivity contribution in [2.75, 3.05) is 22.9 Å². The molecule has 3 aromatic carbocycles. The van der Waals surface area contributed by atoms with Gasteiger partial charge in [-0.25, -0.2) is 0 Å². The molecule has 0 aromatic heterocycles. The Labute approximate surface area is 215 Å². The first kappa shape index (κ1) is 27.5. The second-order valence-electron chi connectivity index (χ2n) is 8.29. The molecule has 0 bridgehead atoms. The van der Waals surface area contributed by atoms with E-state index >= 15 is 0 Å². The Morgan fingerprint density at radius 1 is 0.676 bits per heavy atom. The number of carbonyl (C=O) groups is 2. The highest BCUT2D eigenvalue weighted by atomic mass is 19.4. The maximum absolute atomic E-state index is 13.4. The van der Waals surface area contributed by atoms with Crippen LogP contribution in [-0.2, 0) is 9.59 Å². The molecule has 0 saturated carbocycles. The average molecular weight is 507 g/mol. The number of hydrogen-bond acceptors (Lipinski definition) is 4. The van der Waals surface area contributed by atoms with Crippen molar-refractivity contribution in [1.82, 2.24) is 0 Å². The topological polar surface area (TPSA) is 40.6 Å². The minimum absolute atomic E-state index is 0.0636. The van der Waals surface area contributed by atoms with E-state index in [9.17, 15) is 22.8 Å². The standard InChI is InChI=1S/C30H29F3N2O2/c1-4-34(20-27(22(3)36)23-12-8-6-9-13-23)25-16-18-26(19-17-25)35(5-2)21-28(29(37)30(31,32)33)24-14-10-7-11-15-24/h6-21H,4-5H2,1-3H3/b27-20+,28-21+. The van der Waals surface area contributed by atoms with Gasteiger partial charge in [-0.05, 0) is 56.2 Å². The number of rotatable bonds is 10. The number of alkyl halides is 3. The third kappa shape index (κ3) is 6.97. The summed E-state index contributed by atoms with van der Waals surface area (Å²) in [4.78, 5) is 28.1. The maximum atomic E-state index is 13.4. The number of allylic oxidation sites excluding steroid dienone is 2. The molecule has 0 fully saturated rings. The van der Waals surface area contributed by atoms with Crippen molar-refractivity contribution in [3.8, 4) is 0 Å². The van der Waals surface area contributed by atoms with Gasteiger partial charge in [-0.3, -0.25) is 9.59 Å². The lowest BCUT2D eigenvalue weighted by Gasteiger charge is -2.24. The largest absolute Gasteiger partial charge is 0.454 e. The second kappa shape index (κ2) is 12.2. The molecule has 7 heteroatoms. The van der Waals surface area contributed by atoms with Crippen LogP contribution in [0.2, 0.25) is 0 Å². The average Bonchev–Trinajstić information content (AvgIpc) is 2.90. The number of carbonyl (C=O) groups excluding carboxylic acids is 2. The number of ketones is 2. The fraction of sp³-hybridized carbons (Fsp3) is 0.200. The van der Waals surface area contributed by atoms with Crippen molar-refractivity contribution < 1.29 is 22.8 Å². The third-order valence-corrected chi connectivity index (χ3v) is 5.82. The van der Waals surface area contributed by atoms with Crippen LogP contribution in [0.15, 0.2) is 97.3 Å². The molecule has 0 N–H and O–H groups in total. The van der Waals surface area contributed by atoms with Crippen LogP contribution in [0, 0.1) is 0 Å². The minimum atomic E-state index is -4.99. The molecule has 3 aromatic rings. The van der Waals surface area contributed by atoms with Gasteiger partial charge in [0.1, 0.15) is 0 Å². The Balaban J connectivity index is 1.96. The maximum Gasteiger partial charge on any atom is 0.454 e. The Hall–Kier alpha value is -4.13. The first-order valence-corrected chi connectivity index (χ1v) is 12.0. The van der Waals surface area contributed by atoms with Gasteiger partial charge in [0.25, 0.3) is 5.78 Å². The Morgan fingerprint density at radius 3 is 1.41 bits per heavy atom. The summed E-state index contributed by atoms with van der Waals surface area (Å²) in [6.07, 6.45) is -1.94. The Morgan fingerprint density at radius 2 is 1.05 bits per heavy atom. The predicted octanol–water partition coefficient (Wildman–Crippen LogP) is 7.14. The summed E-state index contributed by atoms with van der Waals surface area (Å²) in [6, 6.07) is 24.4. The fourth-order valence-electron chi connectivity index (χ4n) is 3.87. The van der Waals surface area contributed by atoms with Gasteiger partial charge in [0.2, 0.25) is 0 Å². The molecule has 0 spiro atoms. The molecule has 0 unspecified atom stereocenters. The number of Topliss-reactive ketones (excluding diaryl/α,β-unsaturated/α-hetero) is 2. The highest BCUT2D eigenvalue weighted by Crippen LogP contribution is 2.29. The van der Waals surface area contributed by atoms with E-state index in [2.05, 4.69) is 0 Å². The van der Waals surface area contributed by atoms with Crippen LogP contribution in [0.4, 0.5) is 24.5 Å². The number of halogens is 3. The molecule has 0 aliphatic rings. The summed E-state index contributed by atoms with van der Waals surface area (Å²) < 4.78 is 40.1. The highest BCUT2D eigenvalue weighted by Gasteiger charge is 2.41. The molecule has 192 valence electrons. The molecule has 3 rings (SSSR count). The SMILES string of the molecule is CCN(/C=C(\C(C)=O)c1ccccc1)c1ccc(N(/C=C(/C(=O)C(F)(F)F)c2ccccc2)CC)cc1. The van der Waals surface area contributed by atoms with Crippen LogP contribution in [0.1, 0.15) is 31.9 Å². The van der Waals surface area contributed by atoms with Gasteiger partial charge >= 0.3 is 6.18 Å². The first-order chi connectivity index (χ1) is 17.7. The van der Waals surface area contributed by atoms with Crippen molar-refractivity contribution >= 4 is 34.1 Å². The molecule has 0 amide bonds. The Bertz CT molecular complexity index is 1270. The molecule has 0 saturated heterocycles. The quantitative estimate of drug-likeness (QED) is 0.274. The molecule has 37 heavy (non-hydrogen) atoms. The van der Waals surface area contributed by atoms with Crippen molar-refractivity contribution in [2.24, 2.45) is 0 Å². The van der Waals surface area contributed by atoms with Gasteiger partial charge in [0.15, 0.2) is 5.78 Å².